The highest BCUT2D eigenvalue weighted by Gasteiger charge is 2.51. The molecule has 0 atom stereocenters. The molecule has 0 spiro atoms. The highest BCUT2D eigenvalue weighted by atomic mass is 15.0. The summed E-state index contributed by atoms with van der Waals surface area (Å²) in [5.41, 5.74) is 11.8. The van der Waals surface area contributed by atoms with E-state index in [-0.39, 0.29) is 0 Å². The van der Waals surface area contributed by atoms with Crippen LogP contribution in [0.3, 0.4) is 0 Å². The van der Waals surface area contributed by atoms with Crippen LogP contribution in [0, 0.1) is 38.5 Å². The Kier molecular flexibility index (Phi) is 3.75. The Labute approximate surface area is 218 Å². The SMILES string of the molecule is Cc1cc2c3cccc(C)c3n3c4cc(C56CC7CC(CC(C7)C5)C6)cc5cc[n+](C)c(c(c1C)c23)c54. The van der Waals surface area contributed by atoms with Crippen molar-refractivity contribution >= 4 is 49.0 Å². The second-order valence-corrected chi connectivity index (χ2v) is 13.3. The summed E-state index contributed by atoms with van der Waals surface area (Å²) in [6.45, 7) is 6.91. The van der Waals surface area contributed by atoms with Gasteiger partial charge in [-0.05, 0) is 128 Å². The molecule has 3 heterocycles. The van der Waals surface area contributed by atoms with Crippen molar-refractivity contribution in [1.29, 1.82) is 0 Å². The van der Waals surface area contributed by atoms with Gasteiger partial charge < -0.3 is 4.40 Å². The van der Waals surface area contributed by atoms with Gasteiger partial charge in [-0.15, -0.1) is 0 Å². The number of aromatic nitrogens is 2. The number of hydrogen-bond acceptors (Lipinski definition) is 0. The summed E-state index contributed by atoms with van der Waals surface area (Å²) < 4.78 is 5.05. The summed E-state index contributed by atoms with van der Waals surface area (Å²) in [5, 5.41) is 7.07. The van der Waals surface area contributed by atoms with Gasteiger partial charge in [0.1, 0.15) is 7.05 Å². The molecule has 184 valence electrons. The van der Waals surface area contributed by atoms with Gasteiger partial charge in [0.25, 0.3) is 0 Å². The number of rotatable bonds is 1. The first kappa shape index (κ1) is 20.9. The van der Waals surface area contributed by atoms with E-state index in [1.807, 2.05) is 0 Å². The van der Waals surface area contributed by atoms with Crippen LogP contribution in [0.25, 0.3) is 49.0 Å². The molecular formula is C35H35N2+. The van der Waals surface area contributed by atoms with Crippen molar-refractivity contribution in [2.75, 3.05) is 0 Å². The van der Waals surface area contributed by atoms with E-state index in [0.717, 1.165) is 17.8 Å². The van der Waals surface area contributed by atoms with E-state index in [9.17, 15) is 0 Å². The lowest BCUT2D eigenvalue weighted by atomic mass is 9.48. The fourth-order valence-corrected chi connectivity index (χ4v) is 9.88. The van der Waals surface area contributed by atoms with Gasteiger partial charge in [-0.3, -0.25) is 0 Å². The highest BCUT2D eigenvalue weighted by molar-refractivity contribution is 6.26. The third-order valence-electron chi connectivity index (χ3n) is 11.1. The number of benzene rings is 3. The first-order chi connectivity index (χ1) is 17.9. The molecule has 4 aliphatic carbocycles. The highest BCUT2D eigenvalue weighted by Crippen LogP contribution is 2.61. The number of aryl methyl sites for hydroxylation is 4. The first-order valence-electron chi connectivity index (χ1n) is 14.4. The quantitative estimate of drug-likeness (QED) is 0.127. The molecular weight excluding hydrogens is 448 g/mol. The third-order valence-corrected chi connectivity index (χ3v) is 11.1. The van der Waals surface area contributed by atoms with Gasteiger partial charge in [0.15, 0.2) is 6.20 Å². The molecule has 0 amide bonds. The van der Waals surface area contributed by atoms with Crippen LogP contribution in [-0.4, -0.2) is 4.40 Å². The lowest BCUT2D eigenvalue weighted by molar-refractivity contribution is -0.643. The van der Waals surface area contributed by atoms with Gasteiger partial charge in [-0.25, -0.2) is 4.57 Å². The topological polar surface area (TPSA) is 8.29 Å². The standard InChI is InChI=1S/C35H35N2/c1-19-6-5-7-27-28-10-20(2)21(3)30-33(28)37(32(19)27)29-15-26(14-25-8-9-36(4)34(30)31(25)29)35-16-22-11-23(17-35)13-24(12-22)18-35/h5-10,14-15,22-24H,11-13,16-18H2,1-4H3/q+1. The van der Waals surface area contributed by atoms with E-state index >= 15 is 0 Å². The lowest BCUT2D eigenvalue weighted by Gasteiger charge is -2.57. The molecule has 10 rings (SSSR count). The van der Waals surface area contributed by atoms with E-state index in [0.29, 0.717) is 5.41 Å². The fourth-order valence-electron chi connectivity index (χ4n) is 9.88. The van der Waals surface area contributed by atoms with Crippen LogP contribution in [0.1, 0.15) is 60.8 Å². The summed E-state index contributed by atoms with van der Waals surface area (Å²) >= 11 is 0. The summed E-state index contributed by atoms with van der Waals surface area (Å²) in [6, 6.07) is 17.0. The minimum absolute atomic E-state index is 0.387. The molecule has 0 N–H and O–H groups in total. The summed E-state index contributed by atoms with van der Waals surface area (Å²) in [4.78, 5) is 0. The molecule has 0 aliphatic heterocycles. The molecule has 4 bridgehead atoms. The van der Waals surface area contributed by atoms with Crippen molar-refractivity contribution in [3.8, 4) is 0 Å². The van der Waals surface area contributed by atoms with Gasteiger partial charge in [-0.2, -0.15) is 0 Å². The number of hydrogen-bond donors (Lipinski definition) is 0. The second-order valence-electron chi connectivity index (χ2n) is 13.3. The summed E-state index contributed by atoms with van der Waals surface area (Å²) in [6.07, 6.45) is 11.0. The Morgan fingerprint density at radius 2 is 1.51 bits per heavy atom. The second kappa shape index (κ2) is 6.65. The Morgan fingerprint density at radius 3 is 2.24 bits per heavy atom. The zero-order chi connectivity index (χ0) is 24.8. The predicted molar refractivity (Wildman–Crippen MR) is 154 cm³/mol. The largest absolute Gasteiger partial charge is 0.307 e. The molecule has 0 radical (unpaired) electrons. The molecule has 2 nitrogen and oxygen atoms in total. The Balaban J connectivity index is 1.52. The van der Waals surface area contributed by atoms with Crippen LogP contribution in [-0.2, 0) is 12.5 Å². The molecule has 4 saturated carbocycles. The molecule has 0 unspecified atom stereocenters. The average Bonchev–Trinajstić information content (AvgIpc) is 3.20. The minimum Gasteiger partial charge on any atom is -0.307 e. The number of nitrogens with zero attached hydrogens (tertiary/aromatic N) is 2. The van der Waals surface area contributed by atoms with Gasteiger partial charge in [0.05, 0.1) is 27.3 Å². The monoisotopic (exact) mass is 483 g/mol. The number of fused-ring (bicyclic) bond motifs is 5. The predicted octanol–water partition coefficient (Wildman–Crippen LogP) is 8.21. The molecule has 6 aromatic rings. The van der Waals surface area contributed by atoms with Crippen LogP contribution in [0.2, 0.25) is 0 Å². The van der Waals surface area contributed by atoms with E-state index in [4.69, 9.17) is 0 Å². The Morgan fingerprint density at radius 1 is 0.784 bits per heavy atom. The summed E-state index contributed by atoms with van der Waals surface area (Å²) in [7, 11) is 2.24. The van der Waals surface area contributed by atoms with Gasteiger partial charge in [0.2, 0.25) is 5.52 Å². The molecule has 4 aliphatic rings. The van der Waals surface area contributed by atoms with Crippen molar-refractivity contribution in [3.63, 3.8) is 0 Å². The van der Waals surface area contributed by atoms with Crippen LogP contribution in [0.4, 0.5) is 0 Å². The van der Waals surface area contributed by atoms with Crippen molar-refractivity contribution in [2.24, 2.45) is 24.8 Å². The smallest absolute Gasteiger partial charge is 0.224 e. The number of para-hydroxylation sites is 1. The maximum absolute atomic E-state index is 2.67. The third kappa shape index (κ3) is 2.46. The Hall–Kier alpha value is -3.13. The van der Waals surface area contributed by atoms with Crippen molar-refractivity contribution in [2.45, 2.75) is 64.7 Å². The van der Waals surface area contributed by atoms with E-state index in [2.05, 4.69) is 85.4 Å². The minimum atomic E-state index is 0.387. The zero-order valence-electron chi connectivity index (χ0n) is 22.5. The van der Waals surface area contributed by atoms with Gasteiger partial charge >= 0.3 is 0 Å². The molecule has 37 heavy (non-hydrogen) atoms. The molecule has 3 aromatic carbocycles. The maximum atomic E-state index is 2.67. The average molecular weight is 484 g/mol. The first-order valence-corrected chi connectivity index (χ1v) is 14.4. The van der Waals surface area contributed by atoms with Crippen LogP contribution in [0.15, 0.2) is 48.7 Å². The molecule has 0 saturated heterocycles. The Bertz CT molecular complexity index is 1920. The van der Waals surface area contributed by atoms with E-state index < -0.39 is 0 Å². The van der Waals surface area contributed by atoms with Crippen molar-refractivity contribution in [1.82, 2.24) is 4.40 Å². The van der Waals surface area contributed by atoms with Crippen LogP contribution >= 0.6 is 0 Å². The van der Waals surface area contributed by atoms with Crippen LogP contribution in [0.5, 0.6) is 0 Å². The van der Waals surface area contributed by atoms with E-state index in [1.54, 1.807) is 5.56 Å². The van der Waals surface area contributed by atoms with Crippen molar-refractivity contribution < 1.29 is 4.57 Å². The molecule has 4 fully saturated rings. The normalized spacial score (nSPS) is 27.2. The van der Waals surface area contributed by atoms with Gasteiger partial charge in [-0.1, -0.05) is 18.2 Å². The lowest BCUT2D eigenvalue weighted by Crippen LogP contribution is -2.48. The molecule has 3 aromatic heterocycles. The van der Waals surface area contributed by atoms with Crippen LogP contribution < -0.4 is 4.57 Å². The van der Waals surface area contributed by atoms with Crippen molar-refractivity contribution in [3.05, 3.63) is 70.9 Å². The molecule has 2 heteroatoms. The van der Waals surface area contributed by atoms with E-state index in [1.165, 1.54) is 104 Å². The maximum Gasteiger partial charge on any atom is 0.224 e. The fraction of sp³-hybridized carbons (Fsp3) is 0.400. The zero-order valence-corrected chi connectivity index (χ0v) is 22.5. The number of pyridine rings is 2. The summed E-state index contributed by atoms with van der Waals surface area (Å²) in [5.74, 6) is 2.86. The van der Waals surface area contributed by atoms with Gasteiger partial charge in [0, 0.05) is 16.8 Å².